The van der Waals surface area contributed by atoms with Gasteiger partial charge in [0.2, 0.25) is 0 Å². The van der Waals surface area contributed by atoms with Gasteiger partial charge in [-0.1, -0.05) is 30.5 Å². The van der Waals surface area contributed by atoms with Gasteiger partial charge in [-0.05, 0) is 56.5 Å². The smallest absolute Gasteiger partial charge is 0.251 e. The monoisotopic (exact) mass is 375 g/mol. The number of hydrogen-bond acceptors (Lipinski definition) is 3. The highest BCUT2D eigenvalue weighted by molar-refractivity contribution is 6.31. The van der Waals surface area contributed by atoms with E-state index < -0.39 is 5.82 Å². The van der Waals surface area contributed by atoms with E-state index in [2.05, 4.69) is 15.6 Å². The zero-order valence-electron chi connectivity index (χ0n) is 15.0. The van der Waals surface area contributed by atoms with Crippen molar-refractivity contribution in [1.82, 2.24) is 10.3 Å². The topological polar surface area (TPSA) is 54.0 Å². The van der Waals surface area contributed by atoms with E-state index in [0.717, 1.165) is 42.8 Å². The summed E-state index contributed by atoms with van der Waals surface area (Å²) in [6, 6.07) is 8.14. The lowest BCUT2D eigenvalue weighted by atomic mass is 9.90. The fourth-order valence-corrected chi connectivity index (χ4v) is 3.45. The minimum atomic E-state index is -0.527. The molecule has 0 radical (unpaired) electrons. The van der Waals surface area contributed by atoms with Crippen LogP contribution in [0.4, 0.5) is 10.2 Å². The Morgan fingerprint density at radius 1 is 1.15 bits per heavy atom. The molecule has 0 aliphatic heterocycles. The fourth-order valence-electron chi connectivity index (χ4n) is 3.27. The molecular weight excluding hydrogens is 353 g/mol. The molecule has 0 saturated heterocycles. The number of rotatable bonds is 4. The van der Waals surface area contributed by atoms with Crippen molar-refractivity contribution in [2.24, 2.45) is 0 Å². The number of pyridine rings is 1. The van der Waals surface area contributed by atoms with E-state index in [9.17, 15) is 9.18 Å². The van der Waals surface area contributed by atoms with E-state index in [-0.39, 0.29) is 23.0 Å². The van der Waals surface area contributed by atoms with Gasteiger partial charge in [0.25, 0.3) is 5.91 Å². The lowest BCUT2D eigenvalue weighted by Crippen LogP contribution is -2.48. The van der Waals surface area contributed by atoms with Crippen LogP contribution in [-0.4, -0.2) is 23.0 Å². The van der Waals surface area contributed by atoms with Crippen molar-refractivity contribution in [3.63, 3.8) is 0 Å². The number of aryl methyl sites for hydroxylation is 2. The summed E-state index contributed by atoms with van der Waals surface area (Å²) in [5.41, 5.74) is 2.51. The lowest BCUT2D eigenvalue weighted by molar-refractivity contribution is 0.0923. The molecule has 1 aliphatic rings. The molecule has 2 atom stereocenters. The van der Waals surface area contributed by atoms with Crippen LogP contribution in [0.2, 0.25) is 5.02 Å². The van der Waals surface area contributed by atoms with Gasteiger partial charge in [-0.3, -0.25) is 4.79 Å². The maximum atomic E-state index is 13.3. The maximum absolute atomic E-state index is 13.3. The molecule has 1 fully saturated rings. The quantitative estimate of drug-likeness (QED) is 0.818. The standard InChI is InChI=1S/C20H23ClFN3O/c1-12-7-10-19(23-13(12)2)24-17-5-3-4-6-18(17)25-20(26)14-8-9-16(22)15(21)11-14/h7-11,17-18H,3-6H2,1-2H3,(H,23,24)(H,25,26). The number of anilines is 1. The maximum Gasteiger partial charge on any atom is 0.251 e. The number of carbonyl (C=O) groups excluding carboxylic acids is 1. The van der Waals surface area contributed by atoms with E-state index in [4.69, 9.17) is 11.6 Å². The highest BCUT2D eigenvalue weighted by atomic mass is 35.5. The van der Waals surface area contributed by atoms with Crippen LogP contribution >= 0.6 is 11.6 Å². The van der Waals surface area contributed by atoms with Crippen LogP contribution in [0, 0.1) is 19.7 Å². The van der Waals surface area contributed by atoms with E-state index in [0.29, 0.717) is 5.56 Å². The number of aromatic nitrogens is 1. The summed E-state index contributed by atoms with van der Waals surface area (Å²) in [5, 5.41) is 6.49. The molecule has 138 valence electrons. The first-order valence-electron chi connectivity index (χ1n) is 8.91. The van der Waals surface area contributed by atoms with Gasteiger partial charge in [0.15, 0.2) is 0 Å². The van der Waals surface area contributed by atoms with Crippen LogP contribution in [0.5, 0.6) is 0 Å². The Hall–Kier alpha value is -2.14. The number of benzene rings is 1. The Kier molecular flexibility index (Phi) is 5.77. The second-order valence-electron chi connectivity index (χ2n) is 6.84. The van der Waals surface area contributed by atoms with Crippen LogP contribution in [0.1, 0.15) is 47.3 Å². The first-order valence-corrected chi connectivity index (χ1v) is 9.28. The molecule has 1 aromatic carbocycles. The van der Waals surface area contributed by atoms with Gasteiger partial charge in [-0.25, -0.2) is 9.37 Å². The fraction of sp³-hybridized carbons (Fsp3) is 0.400. The second-order valence-corrected chi connectivity index (χ2v) is 7.25. The molecule has 2 aromatic rings. The third-order valence-corrected chi connectivity index (χ3v) is 5.24. The summed E-state index contributed by atoms with van der Waals surface area (Å²) in [5.74, 6) is 0.0592. The van der Waals surface area contributed by atoms with Gasteiger partial charge < -0.3 is 10.6 Å². The van der Waals surface area contributed by atoms with Gasteiger partial charge in [0.1, 0.15) is 11.6 Å². The summed E-state index contributed by atoms with van der Waals surface area (Å²) in [4.78, 5) is 17.1. The van der Waals surface area contributed by atoms with Crippen molar-refractivity contribution in [3.8, 4) is 0 Å². The Balaban J connectivity index is 1.70. The Morgan fingerprint density at radius 2 is 1.88 bits per heavy atom. The first-order chi connectivity index (χ1) is 12.4. The van der Waals surface area contributed by atoms with Crippen molar-refractivity contribution in [1.29, 1.82) is 0 Å². The number of halogens is 2. The van der Waals surface area contributed by atoms with Gasteiger partial charge in [0, 0.05) is 23.3 Å². The van der Waals surface area contributed by atoms with E-state index in [1.165, 1.54) is 18.2 Å². The zero-order valence-corrected chi connectivity index (χ0v) is 15.7. The largest absolute Gasteiger partial charge is 0.365 e. The molecule has 6 heteroatoms. The van der Waals surface area contributed by atoms with Crippen molar-refractivity contribution in [2.45, 2.75) is 51.6 Å². The number of carbonyl (C=O) groups is 1. The minimum absolute atomic E-state index is 0.0107. The van der Waals surface area contributed by atoms with Crippen molar-refractivity contribution < 1.29 is 9.18 Å². The van der Waals surface area contributed by atoms with Crippen LogP contribution in [-0.2, 0) is 0 Å². The zero-order chi connectivity index (χ0) is 18.7. The molecule has 3 rings (SSSR count). The van der Waals surface area contributed by atoms with Crippen molar-refractivity contribution >= 4 is 23.3 Å². The SMILES string of the molecule is Cc1ccc(NC2CCCCC2NC(=O)c2ccc(F)c(Cl)c2)nc1C. The summed E-state index contributed by atoms with van der Waals surface area (Å²) >= 11 is 5.79. The normalized spacial score (nSPS) is 19.8. The molecule has 2 N–H and O–H groups in total. The molecule has 26 heavy (non-hydrogen) atoms. The molecule has 4 nitrogen and oxygen atoms in total. The van der Waals surface area contributed by atoms with Gasteiger partial charge in [-0.2, -0.15) is 0 Å². The van der Waals surface area contributed by atoms with Gasteiger partial charge in [-0.15, -0.1) is 0 Å². The highest BCUT2D eigenvalue weighted by Gasteiger charge is 2.27. The molecule has 0 bridgehead atoms. The predicted octanol–water partition coefficient (Wildman–Crippen LogP) is 4.64. The second kappa shape index (κ2) is 8.04. The molecular formula is C20H23ClFN3O. The number of nitrogens with one attached hydrogen (secondary N) is 2. The number of hydrogen-bond donors (Lipinski definition) is 2. The Bertz CT molecular complexity index is 812. The summed E-state index contributed by atoms with van der Waals surface area (Å²) in [7, 11) is 0. The third kappa shape index (κ3) is 4.33. The van der Waals surface area contributed by atoms with E-state index in [1.54, 1.807) is 0 Å². The summed E-state index contributed by atoms with van der Waals surface area (Å²) in [6.07, 6.45) is 4.03. The first kappa shape index (κ1) is 18.6. The lowest BCUT2D eigenvalue weighted by Gasteiger charge is -2.33. The Labute approximate surface area is 158 Å². The molecule has 2 unspecified atom stereocenters. The molecule has 1 amide bonds. The van der Waals surface area contributed by atoms with Crippen molar-refractivity contribution in [3.05, 3.63) is 58.0 Å². The predicted molar refractivity (Wildman–Crippen MR) is 102 cm³/mol. The Morgan fingerprint density at radius 3 is 2.58 bits per heavy atom. The summed E-state index contributed by atoms with van der Waals surface area (Å²) < 4.78 is 13.3. The molecule has 0 spiro atoms. The van der Waals surface area contributed by atoms with Crippen LogP contribution in [0.15, 0.2) is 30.3 Å². The number of amides is 1. The average molecular weight is 376 g/mol. The minimum Gasteiger partial charge on any atom is -0.365 e. The van der Waals surface area contributed by atoms with E-state index >= 15 is 0 Å². The van der Waals surface area contributed by atoms with Crippen molar-refractivity contribution in [2.75, 3.05) is 5.32 Å². The molecule has 1 aliphatic carbocycles. The third-order valence-electron chi connectivity index (χ3n) is 4.95. The molecule has 1 saturated carbocycles. The molecule has 1 aromatic heterocycles. The van der Waals surface area contributed by atoms with Gasteiger partial charge >= 0.3 is 0 Å². The van der Waals surface area contributed by atoms with Crippen LogP contribution < -0.4 is 10.6 Å². The number of nitrogens with zero attached hydrogens (tertiary/aromatic N) is 1. The average Bonchev–Trinajstić information content (AvgIpc) is 2.62. The highest BCUT2D eigenvalue weighted by Crippen LogP contribution is 2.23. The molecule has 1 heterocycles. The van der Waals surface area contributed by atoms with E-state index in [1.807, 2.05) is 26.0 Å². The summed E-state index contributed by atoms with van der Waals surface area (Å²) in [6.45, 7) is 4.02. The van der Waals surface area contributed by atoms with Crippen LogP contribution in [0.25, 0.3) is 0 Å². The van der Waals surface area contributed by atoms with Gasteiger partial charge in [0.05, 0.1) is 5.02 Å². The van der Waals surface area contributed by atoms with Crippen LogP contribution in [0.3, 0.4) is 0 Å².